The number of fused-ring (bicyclic) bond motifs is 1. The van der Waals surface area contributed by atoms with Gasteiger partial charge in [-0.2, -0.15) is 5.26 Å². The van der Waals surface area contributed by atoms with Gasteiger partial charge in [-0.1, -0.05) is 11.6 Å². The van der Waals surface area contributed by atoms with E-state index in [4.69, 9.17) is 11.6 Å². The number of carbonyl (C=O) groups excluding carboxylic acids is 5. The van der Waals surface area contributed by atoms with E-state index >= 15 is 0 Å². The van der Waals surface area contributed by atoms with Crippen molar-refractivity contribution in [3.8, 4) is 6.07 Å². The minimum absolute atomic E-state index is 0.0395. The molecule has 5 aliphatic heterocycles. The summed E-state index contributed by atoms with van der Waals surface area (Å²) in [6, 6.07) is 11.6. The van der Waals surface area contributed by atoms with Gasteiger partial charge in [-0.15, -0.1) is 0 Å². The van der Waals surface area contributed by atoms with Gasteiger partial charge in [0, 0.05) is 88.8 Å². The third-order valence-electron chi connectivity index (χ3n) is 12.1. The lowest BCUT2D eigenvalue weighted by Crippen LogP contribution is -2.59. The van der Waals surface area contributed by atoms with Crippen molar-refractivity contribution in [1.82, 2.24) is 30.0 Å². The first kappa shape index (κ1) is 39.1. The van der Waals surface area contributed by atoms with Gasteiger partial charge in [0.25, 0.3) is 11.8 Å². The summed E-state index contributed by atoms with van der Waals surface area (Å²) < 4.78 is 0. The quantitative estimate of drug-likeness (QED) is 0.333. The van der Waals surface area contributed by atoms with Crippen LogP contribution in [0, 0.1) is 17.2 Å². The summed E-state index contributed by atoms with van der Waals surface area (Å²) in [5.41, 5.74) is 3.36. The molecule has 0 radical (unpaired) electrons. The minimum Gasteiger partial charge on any atom is -0.369 e. The molecule has 17 heteroatoms. The summed E-state index contributed by atoms with van der Waals surface area (Å²) in [5.74, 6) is -0.803. The molecule has 8 rings (SSSR count). The van der Waals surface area contributed by atoms with Gasteiger partial charge in [-0.25, -0.2) is 14.8 Å². The summed E-state index contributed by atoms with van der Waals surface area (Å²) in [5, 5.41) is 14.9. The number of urea groups is 1. The van der Waals surface area contributed by atoms with Crippen molar-refractivity contribution in [2.75, 3.05) is 78.9 Å². The number of anilines is 4. The first-order valence-corrected chi connectivity index (χ1v) is 20.3. The largest absolute Gasteiger partial charge is 0.369 e. The summed E-state index contributed by atoms with van der Waals surface area (Å²) in [7, 11) is 0. The summed E-state index contributed by atoms with van der Waals surface area (Å²) >= 11 is 6.30. The number of piperazine rings is 2. The number of halogens is 1. The lowest BCUT2D eigenvalue weighted by atomic mass is 9.96. The van der Waals surface area contributed by atoms with E-state index in [2.05, 4.69) is 53.2 Å². The number of benzene rings is 2. The van der Waals surface area contributed by atoms with E-state index in [9.17, 15) is 29.2 Å². The molecule has 4 fully saturated rings. The van der Waals surface area contributed by atoms with Gasteiger partial charge < -0.3 is 24.9 Å². The molecule has 3 aromatic rings. The molecule has 0 spiro atoms. The highest BCUT2D eigenvalue weighted by molar-refractivity contribution is 6.32. The molecular weight excluding hydrogens is 762 g/mol. The van der Waals surface area contributed by atoms with Crippen LogP contribution in [-0.4, -0.2) is 131 Å². The molecule has 0 unspecified atom stereocenters. The van der Waals surface area contributed by atoms with Crippen LogP contribution in [0.5, 0.6) is 0 Å². The molecule has 0 aliphatic carbocycles. The predicted octanol–water partition coefficient (Wildman–Crippen LogP) is 3.57. The number of imide groups is 2. The monoisotopic (exact) mass is 807 g/mol. The van der Waals surface area contributed by atoms with Crippen LogP contribution >= 0.6 is 11.6 Å². The fourth-order valence-corrected chi connectivity index (χ4v) is 9.03. The van der Waals surface area contributed by atoms with Crippen molar-refractivity contribution in [3.63, 3.8) is 0 Å². The van der Waals surface area contributed by atoms with Gasteiger partial charge in [0.05, 0.1) is 39.8 Å². The highest BCUT2D eigenvalue weighted by atomic mass is 35.5. The number of piperidine rings is 2. The van der Waals surface area contributed by atoms with E-state index < -0.39 is 29.7 Å². The zero-order valence-corrected chi connectivity index (χ0v) is 33.3. The Morgan fingerprint density at radius 1 is 0.862 bits per heavy atom. The lowest BCUT2D eigenvalue weighted by Gasteiger charge is -2.45. The zero-order chi connectivity index (χ0) is 40.7. The molecule has 4 saturated heterocycles. The highest BCUT2D eigenvalue weighted by Gasteiger charge is 2.45. The van der Waals surface area contributed by atoms with Crippen molar-refractivity contribution in [1.29, 1.82) is 5.26 Å². The molecule has 2 aromatic carbocycles. The van der Waals surface area contributed by atoms with Gasteiger partial charge in [-0.05, 0) is 75.4 Å². The van der Waals surface area contributed by atoms with Gasteiger partial charge >= 0.3 is 6.03 Å². The van der Waals surface area contributed by atoms with Crippen LogP contribution < -0.4 is 25.3 Å². The third kappa shape index (κ3) is 7.76. The zero-order valence-electron chi connectivity index (χ0n) is 32.6. The van der Waals surface area contributed by atoms with Gasteiger partial charge in [0.2, 0.25) is 17.8 Å². The number of hydrogen-bond donors (Lipinski definition) is 2. The molecule has 0 saturated carbocycles. The Morgan fingerprint density at radius 2 is 1.57 bits per heavy atom. The predicted molar refractivity (Wildman–Crippen MR) is 217 cm³/mol. The molecule has 5 aliphatic rings. The number of aromatic nitrogens is 2. The molecule has 0 bridgehead atoms. The van der Waals surface area contributed by atoms with Crippen LogP contribution in [0.2, 0.25) is 5.02 Å². The molecule has 3 atom stereocenters. The fourth-order valence-electron chi connectivity index (χ4n) is 8.81. The van der Waals surface area contributed by atoms with Gasteiger partial charge in [-0.3, -0.25) is 34.3 Å². The average molecular weight is 808 g/mol. The maximum atomic E-state index is 13.3. The second-order valence-electron chi connectivity index (χ2n) is 15.9. The van der Waals surface area contributed by atoms with Crippen LogP contribution in [0.1, 0.15) is 65.8 Å². The second-order valence-corrected chi connectivity index (χ2v) is 16.3. The standard InChI is InChI=1S/C41H46ClN11O5/c1-25-23-52(26(2)22-51(25)31-4-3-28(19-43)34(42)18-31)41(58)46-29-20-44-40(45-21-29)50-11-9-27(10-12-50)24-48-13-15-49(16-14-48)30-5-6-32-33(17-30)39(57)53(38(32)56)35-7-8-36(54)47-37(35)55/h3-6,17-18,20-21,25-27,35H,7-16,22-24H2,1-2H3,(H,46,58)(H,47,54,55)/t25-,26+,35-/m0/s1. The molecule has 6 heterocycles. The van der Waals surface area contributed by atoms with Crippen molar-refractivity contribution in [3.05, 3.63) is 70.5 Å². The van der Waals surface area contributed by atoms with Gasteiger partial charge in [0.1, 0.15) is 12.1 Å². The molecule has 16 nitrogen and oxygen atoms in total. The number of nitrogens with one attached hydrogen (secondary N) is 2. The Balaban J connectivity index is 0.777. The Bertz CT molecular complexity index is 2160. The van der Waals surface area contributed by atoms with Crippen LogP contribution in [0.3, 0.4) is 0 Å². The first-order chi connectivity index (χ1) is 28.0. The number of amides is 6. The van der Waals surface area contributed by atoms with Crippen LogP contribution in [0.15, 0.2) is 48.8 Å². The lowest BCUT2D eigenvalue weighted by molar-refractivity contribution is -0.136. The van der Waals surface area contributed by atoms with Crippen molar-refractivity contribution in [2.45, 2.75) is 57.7 Å². The van der Waals surface area contributed by atoms with Crippen molar-refractivity contribution < 1.29 is 24.0 Å². The van der Waals surface area contributed by atoms with E-state index in [-0.39, 0.29) is 36.5 Å². The average Bonchev–Trinajstić information content (AvgIpc) is 3.47. The topological polar surface area (TPSA) is 178 Å². The van der Waals surface area contributed by atoms with E-state index in [1.807, 2.05) is 30.0 Å². The molecular formula is C41H46ClN11O5. The smallest absolute Gasteiger partial charge is 0.322 e. The van der Waals surface area contributed by atoms with Crippen LogP contribution in [0.25, 0.3) is 0 Å². The Morgan fingerprint density at radius 3 is 2.26 bits per heavy atom. The number of nitriles is 1. The number of hydrogen-bond acceptors (Lipinski definition) is 12. The summed E-state index contributed by atoms with van der Waals surface area (Å²) in [6.07, 6.45) is 5.58. The fraction of sp³-hybridized carbons (Fsp3) is 0.463. The van der Waals surface area contributed by atoms with Crippen LogP contribution in [-0.2, 0) is 9.59 Å². The SMILES string of the molecule is C[C@@H]1CN(c2ccc(C#N)c(Cl)c2)[C@@H](C)CN1C(=O)Nc1cnc(N2CCC(CN3CCN(c4ccc5c(c4)C(=O)N([C@H]4CCC(=O)NC4=O)C5=O)CC3)CC2)nc1. The van der Waals surface area contributed by atoms with Crippen molar-refractivity contribution in [2.24, 2.45) is 5.92 Å². The van der Waals surface area contributed by atoms with Gasteiger partial charge in [0.15, 0.2) is 0 Å². The Kier molecular flexibility index (Phi) is 10.9. The molecule has 302 valence electrons. The summed E-state index contributed by atoms with van der Waals surface area (Å²) in [4.78, 5) is 85.0. The Hall–Kier alpha value is -5.79. The third-order valence-corrected chi connectivity index (χ3v) is 12.4. The van der Waals surface area contributed by atoms with Crippen LogP contribution in [0.4, 0.5) is 27.8 Å². The maximum absolute atomic E-state index is 13.3. The highest BCUT2D eigenvalue weighted by Crippen LogP contribution is 2.32. The van der Waals surface area contributed by atoms with E-state index in [0.717, 1.165) is 74.9 Å². The minimum atomic E-state index is -0.978. The van der Waals surface area contributed by atoms with E-state index in [0.29, 0.717) is 46.8 Å². The van der Waals surface area contributed by atoms with E-state index in [1.54, 1.807) is 30.6 Å². The maximum Gasteiger partial charge on any atom is 0.322 e. The van der Waals surface area contributed by atoms with E-state index in [1.165, 1.54) is 0 Å². The molecule has 2 N–H and O–H groups in total. The summed E-state index contributed by atoms with van der Waals surface area (Å²) in [6.45, 7) is 11.2. The number of carbonyl (C=O) groups is 5. The Labute approximate surface area is 341 Å². The second kappa shape index (κ2) is 16.2. The molecule has 1 aromatic heterocycles. The van der Waals surface area contributed by atoms with Crippen molar-refractivity contribution >= 4 is 64.3 Å². The number of nitrogens with zero attached hydrogens (tertiary/aromatic N) is 9. The normalized spacial score (nSPS) is 23.2. The molecule has 58 heavy (non-hydrogen) atoms. The molecule has 6 amide bonds. The first-order valence-electron chi connectivity index (χ1n) is 19.9. The number of rotatable bonds is 7.